The van der Waals surface area contributed by atoms with Gasteiger partial charge in [-0.3, -0.25) is 4.90 Å². The molecule has 3 heteroatoms. The quantitative estimate of drug-likeness (QED) is 0.781. The fourth-order valence-corrected chi connectivity index (χ4v) is 2.79. The second-order valence-corrected chi connectivity index (χ2v) is 5.82. The molecule has 108 valence electrons. The Morgan fingerprint density at radius 3 is 2.63 bits per heavy atom. The van der Waals surface area contributed by atoms with E-state index in [2.05, 4.69) is 50.0 Å². The Kier molecular flexibility index (Phi) is 5.06. The van der Waals surface area contributed by atoms with Crippen LogP contribution >= 0.6 is 0 Å². The Morgan fingerprint density at radius 2 is 2.05 bits per heavy atom. The normalized spacial score (nSPS) is 23.8. The SMILES string of the molecule is CCN(CC)C(C)CNCc1ccc(C2CC2C)o1. The van der Waals surface area contributed by atoms with Gasteiger partial charge >= 0.3 is 0 Å². The van der Waals surface area contributed by atoms with Crippen molar-refractivity contribution in [2.75, 3.05) is 19.6 Å². The Morgan fingerprint density at radius 1 is 1.37 bits per heavy atom. The molecule has 1 aromatic rings. The van der Waals surface area contributed by atoms with Crippen molar-refractivity contribution >= 4 is 0 Å². The molecule has 19 heavy (non-hydrogen) atoms. The summed E-state index contributed by atoms with van der Waals surface area (Å²) in [7, 11) is 0. The molecule has 3 atom stereocenters. The van der Waals surface area contributed by atoms with Crippen LogP contribution in [0.1, 0.15) is 51.6 Å². The van der Waals surface area contributed by atoms with Gasteiger partial charge in [-0.05, 0) is 44.5 Å². The van der Waals surface area contributed by atoms with E-state index in [1.165, 1.54) is 12.2 Å². The number of nitrogens with zero attached hydrogens (tertiary/aromatic N) is 1. The molecule has 1 fully saturated rings. The number of rotatable bonds is 8. The fourth-order valence-electron chi connectivity index (χ4n) is 2.79. The molecule has 1 N–H and O–H groups in total. The molecule has 1 aliphatic rings. The molecule has 0 bridgehead atoms. The van der Waals surface area contributed by atoms with Crippen LogP contribution in [-0.4, -0.2) is 30.6 Å². The Bertz CT molecular complexity index is 384. The average molecular weight is 264 g/mol. The minimum atomic E-state index is 0.577. The van der Waals surface area contributed by atoms with Gasteiger partial charge in [0.15, 0.2) is 0 Å². The molecule has 0 radical (unpaired) electrons. The molecule has 2 rings (SSSR count). The second kappa shape index (κ2) is 6.58. The molecule has 0 amide bonds. The first-order chi connectivity index (χ1) is 9.15. The molecular weight excluding hydrogens is 236 g/mol. The highest BCUT2D eigenvalue weighted by atomic mass is 16.3. The number of furan rings is 1. The van der Waals surface area contributed by atoms with E-state index < -0.39 is 0 Å². The Labute approximate surface area is 117 Å². The van der Waals surface area contributed by atoms with Crippen LogP contribution in [0.3, 0.4) is 0 Å². The Hall–Kier alpha value is -0.800. The molecule has 0 aromatic carbocycles. The zero-order valence-electron chi connectivity index (χ0n) is 12.8. The lowest BCUT2D eigenvalue weighted by molar-refractivity contribution is 0.224. The largest absolute Gasteiger partial charge is 0.464 e. The van der Waals surface area contributed by atoms with E-state index in [0.717, 1.165) is 37.9 Å². The van der Waals surface area contributed by atoms with Gasteiger partial charge in [0, 0.05) is 18.5 Å². The van der Waals surface area contributed by atoms with Gasteiger partial charge in [0.25, 0.3) is 0 Å². The molecule has 3 nitrogen and oxygen atoms in total. The maximum Gasteiger partial charge on any atom is 0.117 e. The van der Waals surface area contributed by atoms with Crippen molar-refractivity contribution < 1.29 is 4.42 Å². The second-order valence-electron chi connectivity index (χ2n) is 5.82. The summed E-state index contributed by atoms with van der Waals surface area (Å²) in [6.07, 6.45) is 1.29. The van der Waals surface area contributed by atoms with Crippen molar-refractivity contribution in [3.05, 3.63) is 23.7 Å². The van der Waals surface area contributed by atoms with Crippen molar-refractivity contribution in [3.8, 4) is 0 Å². The van der Waals surface area contributed by atoms with Gasteiger partial charge in [0.05, 0.1) is 6.54 Å². The van der Waals surface area contributed by atoms with Gasteiger partial charge in [-0.2, -0.15) is 0 Å². The van der Waals surface area contributed by atoms with Gasteiger partial charge in [-0.1, -0.05) is 20.8 Å². The van der Waals surface area contributed by atoms with Crippen LogP contribution in [0.4, 0.5) is 0 Å². The fraction of sp³-hybridized carbons (Fsp3) is 0.750. The summed E-state index contributed by atoms with van der Waals surface area (Å²) >= 11 is 0. The van der Waals surface area contributed by atoms with Crippen LogP contribution in [0.15, 0.2) is 16.5 Å². The molecule has 0 aliphatic heterocycles. The monoisotopic (exact) mass is 264 g/mol. The molecule has 1 aromatic heterocycles. The number of likely N-dealkylation sites (N-methyl/N-ethyl adjacent to an activating group) is 1. The summed E-state index contributed by atoms with van der Waals surface area (Å²) in [6, 6.07) is 4.85. The van der Waals surface area contributed by atoms with Crippen LogP contribution in [-0.2, 0) is 6.54 Å². The molecule has 1 aliphatic carbocycles. The summed E-state index contributed by atoms with van der Waals surface area (Å²) in [6.45, 7) is 13.1. The van der Waals surface area contributed by atoms with Gasteiger partial charge in [-0.25, -0.2) is 0 Å². The Balaban J connectivity index is 1.72. The van der Waals surface area contributed by atoms with Crippen molar-refractivity contribution in [1.29, 1.82) is 0 Å². The van der Waals surface area contributed by atoms with E-state index >= 15 is 0 Å². The van der Waals surface area contributed by atoms with Crippen LogP contribution in [0.25, 0.3) is 0 Å². The third kappa shape index (κ3) is 3.83. The van der Waals surface area contributed by atoms with E-state index in [0.29, 0.717) is 12.0 Å². The van der Waals surface area contributed by atoms with Crippen molar-refractivity contribution in [1.82, 2.24) is 10.2 Å². The first-order valence-corrected chi connectivity index (χ1v) is 7.69. The topological polar surface area (TPSA) is 28.4 Å². The first-order valence-electron chi connectivity index (χ1n) is 7.69. The zero-order chi connectivity index (χ0) is 13.8. The summed E-state index contributed by atoms with van der Waals surface area (Å²) in [5.74, 6) is 3.75. The number of nitrogens with one attached hydrogen (secondary N) is 1. The zero-order valence-corrected chi connectivity index (χ0v) is 12.8. The van der Waals surface area contributed by atoms with Crippen LogP contribution < -0.4 is 5.32 Å². The third-order valence-electron chi connectivity index (χ3n) is 4.33. The van der Waals surface area contributed by atoms with E-state index in [9.17, 15) is 0 Å². The van der Waals surface area contributed by atoms with Crippen molar-refractivity contribution in [2.45, 2.75) is 52.6 Å². The highest BCUT2D eigenvalue weighted by molar-refractivity contribution is 5.17. The van der Waals surface area contributed by atoms with Crippen LogP contribution in [0.5, 0.6) is 0 Å². The molecule has 0 saturated heterocycles. The van der Waals surface area contributed by atoms with Gasteiger partial charge in [0.2, 0.25) is 0 Å². The van der Waals surface area contributed by atoms with E-state index in [-0.39, 0.29) is 0 Å². The molecule has 1 heterocycles. The lowest BCUT2D eigenvalue weighted by atomic mass is 10.2. The van der Waals surface area contributed by atoms with Gasteiger partial charge in [0.1, 0.15) is 11.5 Å². The molecule has 3 unspecified atom stereocenters. The smallest absolute Gasteiger partial charge is 0.117 e. The molecule has 0 spiro atoms. The lowest BCUT2D eigenvalue weighted by Gasteiger charge is -2.26. The number of hydrogen-bond donors (Lipinski definition) is 1. The minimum Gasteiger partial charge on any atom is -0.464 e. The molecule has 1 saturated carbocycles. The average Bonchev–Trinajstić information content (AvgIpc) is 2.94. The highest BCUT2D eigenvalue weighted by Gasteiger charge is 2.36. The van der Waals surface area contributed by atoms with Crippen molar-refractivity contribution in [2.24, 2.45) is 5.92 Å². The summed E-state index contributed by atoms with van der Waals surface area (Å²) in [5.41, 5.74) is 0. The predicted octanol–water partition coefficient (Wildman–Crippen LogP) is 3.22. The van der Waals surface area contributed by atoms with E-state index in [4.69, 9.17) is 4.42 Å². The van der Waals surface area contributed by atoms with Gasteiger partial charge in [-0.15, -0.1) is 0 Å². The summed E-state index contributed by atoms with van der Waals surface area (Å²) in [4.78, 5) is 2.46. The predicted molar refractivity (Wildman–Crippen MR) is 79.3 cm³/mol. The van der Waals surface area contributed by atoms with E-state index in [1.54, 1.807) is 0 Å². The first kappa shape index (κ1) is 14.6. The minimum absolute atomic E-state index is 0.577. The third-order valence-corrected chi connectivity index (χ3v) is 4.33. The van der Waals surface area contributed by atoms with E-state index in [1.807, 2.05) is 0 Å². The maximum atomic E-state index is 5.90. The van der Waals surface area contributed by atoms with Gasteiger partial charge < -0.3 is 9.73 Å². The standard InChI is InChI=1S/C16H28N2O/c1-5-18(6-2)13(4)10-17-11-14-7-8-16(19-14)15-9-12(15)3/h7-8,12-13,15,17H,5-6,9-11H2,1-4H3. The molecular formula is C16H28N2O. The van der Waals surface area contributed by atoms with Crippen molar-refractivity contribution in [3.63, 3.8) is 0 Å². The highest BCUT2D eigenvalue weighted by Crippen LogP contribution is 2.47. The van der Waals surface area contributed by atoms with Crippen LogP contribution in [0, 0.1) is 5.92 Å². The number of hydrogen-bond acceptors (Lipinski definition) is 3. The summed E-state index contributed by atoms with van der Waals surface area (Å²) in [5, 5.41) is 3.50. The summed E-state index contributed by atoms with van der Waals surface area (Å²) < 4.78 is 5.90. The van der Waals surface area contributed by atoms with Crippen LogP contribution in [0.2, 0.25) is 0 Å². The lowest BCUT2D eigenvalue weighted by Crippen LogP contribution is -2.39. The maximum absolute atomic E-state index is 5.90.